The fraction of sp³-hybridized carbons (Fsp3) is 0.133. The first kappa shape index (κ1) is 28.9. The Morgan fingerprint density at radius 1 is 0.636 bits per heavy atom. The molecule has 44 heavy (non-hydrogen) atoms. The predicted octanol–water partition coefficient (Wildman–Crippen LogP) is 6.90. The van der Waals surface area contributed by atoms with Crippen molar-refractivity contribution in [3.63, 3.8) is 0 Å². The van der Waals surface area contributed by atoms with E-state index in [0.29, 0.717) is 32.8 Å². The summed E-state index contributed by atoms with van der Waals surface area (Å²) in [5.41, 5.74) is 2.35. The third kappa shape index (κ3) is 5.85. The van der Waals surface area contributed by atoms with Crippen LogP contribution in [0.5, 0.6) is 0 Å². The zero-order valence-corrected chi connectivity index (χ0v) is 24.2. The van der Waals surface area contributed by atoms with Crippen LogP contribution in [0.15, 0.2) is 107 Å². The molecule has 0 aromatic heterocycles. The lowest BCUT2D eigenvalue weighted by Gasteiger charge is -2.30. The molecule has 2 aliphatic rings. The molecule has 222 valence electrons. The number of halogens is 2. The third-order valence-corrected chi connectivity index (χ3v) is 7.61. The van der Waals surface area contributed by atoms with Gasteiger partial charge in [0.15, 0.2) is 11.7 Å². The highest BCUT2D eigenvalue weighted by Gasteiger charge is 2.37. The molecule has 0 radical (unpaired) electrons. The molecule has 12 nitrogen and oxygen atoms in total. The molecule has 2 aliphatic heterocycles. The SMILES string of the molecule is O=[N+]([O-])c1cccc(C2ON=C(c3ccc(Cl)cc3)N2CCN2C(c3ccc(Cl)cc3)=NOC2c2cccc([N+](=O)[O-])c2)c1. The number of amidine groups is 2. The van der Waals surface area contributed by atoms with E-state index in [4.69, 9.17) is 32.9 Å². The van der Waals surface area contributed by atoms with Crippen LogP contribution in [0.4, 0.5) is 11.4 Å². The van der Waals surface area contributed by atoms with Crippen molar-refractivity contribution in [2.24, 2.45) is 10.3 Å². The van der Waals surface area contributed by atoms with Crippen LogP contribution in [0.1, 0.15) is 34.7 Å². The molecule has 2 unspecified atom stereocenters. The van der Waals surface area contributed by atoms with Gasteiger partial charge < -0.3 is 19.5 Å². The second-order valence-corrected chi connectivity index (χ2v) is 10.7. The average molecular weight is 633 g/mol. The van der Waals surface area contributed by atoms with E-state index in [2.05, 4.69) is 10.3 Å². The maximum absolute atomic E-state index is 11.5. The summed E-state index contributed by atoms with van der Waals surface area (Å²) in [6.45, 7) is 0.576. The van der Waals surface area contributed by atoms with Crippen LogP contribution in [0.3, 0.4) is 0 Å². The lowest BCUT2D eigenvalue weighted by atomic mass is 10.1. The highest BCUT2D eigenvalue weighted by Crippen LogP contribution is 2.35. The normalized spacial score (nSPS) is 17.5. The van der Waals surface area contributed by atoms with E-state index in [1.54, 1.807) is 72.8 Å². The number of nitrogens with zero attached hydrogens (tertiary/aromatic N) is 6. The van der Waals surface area contributed by atoms with Crippen molar-refractivity contribution in [1.29, 1.82) is 0 Å². The molecule has 0 saturated carbocycles. The average Bonchev–Trinajstić information content (AvgIpc) is 3.65. The Morgan fingerprint density at radius 3 is 1.39 bits per heavy atom. The molecular formula is C30H22Cl2N6O6. The van der Waals surface area contributed by atoms with E-state index in [-0.39, 0.29) is 24.5 Å². The molecule has 14 heteroatoms. The Balaban J connectivity index is 1.35. The third-order valence-electron chi connectivity index (χ3n) is 7.11. The minimum absolute atomic E-state index is 0.0816. The molecule has 2 heterocycles. The van der Waals surface area contributed by atoms with Gasteiger partial charge in [0.25, 0.3) is 11.4 Å². The number of hydrogen-bond acceptors (Lipinski definition) is 10. The number of nitro benzene ring substituents is 2. The van der Waals surface area contributed by atoms with Crippen molar-refractivity contribution in [2.75, 3.05) is 13.1 Å². The van der Waals surface area contributed by atoms with Crippen molar-refractivity contribution in [3.05, 3.63) is 150 Å². The highest BCUT2D eigenvalue weighted by molar-refractivity contribution is 6.31. The van der Waals surface area contributed by atoms with E-state index in [1.807, 2.05) is 9.80 Å². The second-order valence-electron chi connectivity index (χ2n) is 9.85. The zero-order chi connectivity index (χ0) is 30.8. The number of rotatable bonds is 9. The lowest BCUT2D eigenvalue weighted by molar-refractivity contribution is -0.385. The van der Waals surface area contributed by atoms with E-state index < -0.39 is 22.3 Å². The van der Waals surface area contributed by atoms with Gasteiger partial charge in [-0.25, -0.2) is 0 Å². The molecule has 2 atom stereocenters. The van der Waals surface area contributed by atoms with Gasteiger partial charge in [-0.05, 0) is 48.5 Å². The van der Waals surface area contributed by atoms with Crippen LogP contribution < -0.4 is 0 Å². The summed E-state index contributed by atoms with van der Waals surface area (Å²) in [6, 6.07) is 26.5. The summed E-state index contributed by atoms with van der Waals surface area (Å²) in [5, 5.41) is 32.8. The molecule has 0 N–H and O–H groups in total. The predicted molar refractivity (Wildman–Crippen MR) is 163 cm³/mol. The summed E-state index contributed by atoms with van der Waals surface area (Å²) in [6.07, 6.45) is -1.56. The Morgan fingerprint density at radius 2 is 1.02 bits per heavy atom. The standard InChI is InChI=1S/C30H22Cl2N6O6/c31-23-11-7-19(8-12-23)27-33-43-29(21-3-1-5-25(17-21)37(39)40)35(27)15-16-36-28(20-9-13-24(32)14-10-20)34-44-30(36)22-4-2-6-26(18-22)38(41)42/h1-14,17-18,29-30H,15-16H2. The van der Waals surface area contributed by atoms with E-state index in [0.717, 1.165) is 11.1 Å². The largest absolute Gasteiger partial charge is 0.363 e. The molecule has 0 amide bonds. The Hall–Kier alpha value is -5.20. The second kappa shape index (κ2) is 12.2. The van der Waals surface area contributed by atoms with Crippen molar-refractivity contribution < 1.29 is 19.5 Å². The molecule has 0 saturated heterocycles. The van der Waals surface area contributed by atoms with Gasteiger partial charge in [0.2, 0.25) is 12.5 Å². The lowest BCUT2D eigenvalue weighted by Crippen LogP contribution is -2.41. The smallest absolute Gasteiger partial charge is 0.269 e. The fourth-order valence-corrected chi connectivity index (χ4v) is 5.25. The molecule has 4 aromatic rings. The highest BCUT2D eigenvalue weighted by atomic mass is 35.5. The molecule has 0 spiro atoms. The number of benzene rings is 4. The van der Waals surface area contributed by atoms with Gasteiger partial charge >= 0.3 is 0 Å². The van der Waals surface area contributed by atoms with E-state index in [1.165, 1.54) is 24.3 Å². The topological polar surface area (TPSA) is 136 Å². The Bertz CT molecular complexity index is 1650. The minimum Gasteiger partial charge on any atom is -0.363 e. The molecule has 0 aliphatic carbocycles. The van der Waals surface area contributed by atoms with Gasteiger partial charge in [-0.3, -0.25) is 20.2 Å². The van der Waals surface area contributed by atoms with Gasteiger partial charge in [0.05, 0.1) is 9.85 Å². The maximum Gasteiger partial charge on any atom is 0.269 e. The Labute approximate surface area is 260 Å². The number of hydrogen-bond donors (Lipinski definition) is 0. The van der Waals surface area contributed by atoms with E-state index in [9.17, 15) is 20.2 Å². The van der Waals surface area contributed by atoms with Crippen molar-refractivity contribution in [2.45, 2.75) is 12.5 Å². The van der Waals surface area contributed by atoms with Crippen LogP contribution in [0, 0.1) is 20.2 Å². The van der Waals surface area contributed by atoms with E-state index >= 15 is 0 Å². The summed E-state index contributed by atoms with van der Waals surface area (Å²) in [4.78, 5) is 37.6. The van der Waals surface area contributed by atoms with Crippen LogP contribution in [0.25, 0.3) is 0 Å². The first-order chi connectivity index (χ1) is 21.3. The summed E-state index contributed by atoms with van der Waals surface area (Å²) >= 11 is 12.3. The first-order valence-electron chi connectivity index (χ1n) is 13.3. The zero-order valence-electron chi connectivity index (χ0n) is 22.7. The van der Waals surface area contributed by atoms with Gasteiger partial charge in [0.1, 0.15) is 0 Å². The molecular weight excluding hydrogens is 611 g/mol. The van der Waals surface area contributed by atoms with Crippen LogP contribution in [-0.4, -0.2) is 44.4 Å². The van der Waals surface area contributed by atoms with Gasteiger partial charge in [-0.1, -0.05) is 57.8 Å². The Kier molecular flexibility index (Phi) is 8.01. The van der Waals surface area contributed by atoms with Gasteiger partial charge in [-0.2, -0.15) is 0 Å². The number of oxime groups is 2. The molecule has 6 rings (SSSR count). The van der Waals surface area contributed by atoms with Gasteiger partial charge in [-0.15, -0.1) is 0 Å². The van der Waals surface area contributed by atoms with Crippen molar-refractivity contribution in [3.8, 4) is 0 Å². The van der Waals surface area contributed by atoms with Crippen LogP contribution in [-0.2, 0) is 9.68 Å². The fourth-order valence-electron chi connectivity index (χ4n) is 5.00. The molecule has 4 aromatic carbocycles. The van der Waals surface area contributed by atoms with Crippen LogP contribution >= 0.6 is 23.2 Å². The van der Waals surface area contributed by atoms with Gasteiger partial charge in [0, 0.05) is 69.7 Å². The number of nitro groups is 2. The van der Waals surface area contributed by atoms with Crippen molar-refractivity contribution >= 4 is 46.2 Å². The van der Waals surface area contributed by atoms with Crippen molar-refractivity contribution in [1.82, 2.24) is 9.80 Å². The quantitative estimate of drug-likeness (QED) is 0.144. The summed E-state index contributed by atoms with van der Waals surface area (Å²) < 4.78 is 0. The molecule has 0 bridgehead atoms. The summed E-state index contributed by atoms with van der Waals surface area (Å²) in [7, 11) is 0. The maximum atomic E-state index is 11.5. The monoisotopic (exact) mass is 632 g/mol. The van der Waals surface area contributed by atoms with Crippen LogP contribution in [0.2, 0.25) is 10.0 Å². The summed E-state index contributed by atoms with van der Waals surface area (Å²) in [5.74, 6) is 0.991. The minimum atomic E-state index is -0.781. The first-order valence-corrected chi connectivity index (χ1v) is 14.1. The molecule has 0 fully saturated rings. The number of non-ortho nitro benzene ring substituents is 2.